The predicted molar refractivity (Wildman–Crippen MR) is 72.7 cm³/mol. The van der Waals surface area contributed by atoms with Gasteiger partial charge in [0.1, 0.15) is 11.2 Å². The van der Waals surface area contributed by atoms with Crippen LogP contribution in [0.1, 0.15) is 11.1 Å². The van der Waals surface area contributed by atoms with E-state index in [1.54, 1.807) is 0 Å². The van der Waals surface area contributed by atoms with E-state index in [9.17, 15) is 17.6 Å². The number of halogens is 2. The molecule has 1 aromatic carbocycles. The van der Waals surface area contributed by atoms with Crippen LogP contribution in [0, 0.1) is 19.7 Å². The lowest BCUT2D eigenvalue weighted by molar-refractivity contribution is -0.140. The van der Waals surface area contributed by atoms with Crippen molar-refractivity contribution in [1.82, 2.24) is 4.72 Å². The number of aryl methyl sites for hydroxylation is 2. The highest BCUT2D eigenvalue weighted by Crippen LogP contribution is 2.21. The molecule has 8 heteroatoms. The standard InChI is InChI=1S/C12H15ClFNO4S/c1-7-4-9(14)5-8(2)11(7)20(17,18)15-6-10(13)12(16)19-3/h4-5,10,15H,6H2,1-3H3. The van der Waals surface area contributed by atoms with Crippen LogP contribution in [0.25, 0.3) is 0 Å². The molecule has 112 valence electrons. The fourth-order valence-corrected chi connectivity index (χ4v) is 3.54. The van der Waals surface area contributed by atoms with Gasteiger partial charge in [-0.2, -0.15) is 0 Å². The summed E-state index contributed by atoms with van der Waals surface area (Å²) in [7, 11) is -2.73. The largest absolute Gasteiger partial charge is 0.468 e. The number of alkyl halides is 1. The summed E-state index contributed by atoms with van der Waals surface area (Å²) in [5.41, 5.74) is 0.554. The van der Waals surface area contributed by atoms with Crippen molar-refractivity contribution in [3.63, 3.8) is 0 Å². The molecule has 0 aromatic heterocycles. The van der Waals surface area contributed by atoms with Crippen molar-refractivity contribution in [1.29, 1.82) is 0 Å². The smallest absolute Gasteiger partial charge is 0.325 e. The number of sulfonamides is 1. The van der Waals surface area contributed by atoms with Crippen molar-refractivity contribution < 1.29 is 22.3 Å². The van der Waals surface area contributed by atoms with Gasteiger partial charge in [0.25, 0.3) is 0 Å². The average Bonchev–Trinajstić information content (AvgIpc) is 2.33. The van der Waals surface area contributed by atoms with Gasteiger partial charge in [0, 0.05) is 6.54 Å². The second kappa shape index (κ2) is 6.51. The van der Waals surface area contributed by atoms with E-state index < -0.39 is 27.2 Å². The van der Waals surface area contributed by atoms with Crippen molar-refractivity contribution in [2.45, 2.75) is 24.1 Å². The lowest BCUT2D eigenvalue weighted by Gasteiger charge is -2.13. The highest BCUT2D eigenvalue weighted by molar-refractivity contribution is 7.89. The molecule has 0 aliphatic rings. The molecule has 1 aromatic rings. The van der Waals surface area contributed by atoms with Gasteiger partial charge in [-0.05, 0) is 37.1 Å². The maximum absolute atomic E-state index is 13.2. The Kier molecular flexibility index (Phi) is 5.50. The summed E-state index contributed by atoms with van der Waals surface area (Å²) in [6.07, 6.45) is 0. The van der Waals surface area contributed by atoms with Crippen LogP contribution < -0.4 is 4.72 Å². The molecule has 0 saturated heterocycles. The van der Waals surface area contributed by atoms with Crippen molar-refractivity contribution in [3.8, 4) is 0 Å². The molecule has 0 heterocycles. The Morgan fingerprint density at radius 1 is 1.40 bits per heavy atom. The summed E-state index contributed by atoms with van der Waals surface area (Å²) in [6.45, 7) is 2.67. The summed E-state index contributed by atoms with van der Waals surface area (Å²) in [6, 6.07) is 2.25. The van der Waals surface area contributed by atoms with Gasteiger partial charge in [-0.1, -0.05) is 0 Å². The number of rotatable bonds is 5. The van der Waals surface area contributed by atoms with Crippen LogP contribution in [0.4, 0.5) is 4.39 Å². The fourth-order valence-electron chi connectivity index (χ4n) is 1.79. The molecule has 0 aliphatic carbocycles. The number of methoxy groups -OCH3 is 1. The molecule has 0 bridgehead atoms. The molecule has 0 aliphatic heterocycles. The zero-order chi connectivity index (χ0) is 15.5. The Hall–Kier alpha value is -1.18. The summed E-state index contributed by atoms with van der Waals surface area (Å²) in [5, 5.41) is -1.13. The summed E-state index contributed by atoms with van der Waals surface area (Å²) in [5.74, 6) is -1.24. The maximum atomic E-state index is 13.2. The van der Waals surface area contributed by atoms with Crippen LogP contribution in [0.3, 0.4) is 0 Å². The molecule has 1 N–H and O–H groups in total. The number of carbonyl (C=O) groups is 1. The van der Waals surface area contributed by atoms with Gasteiger partial charge in [0.15, 0.2) is 0 Å². The van der Waals surface area contributed by atoms with Crippen LogP contribution in [0.15, 0.2) is 17.0 Å². The first-order valence-electron chi connectivity index (χ1n) is 5.67. The van der Waals surface area contributed by atoms with Gasteiger partial charge in [0.05, 0.1) is 12.0 Å². The van der Waals surface area contributed by atoms with Crippen LogP contribution in [-0.2, 0) is 19.6 Å². The first-order valence-corrected chi connectivity index (χ1v) is 7.59. The predicted octanol–water partition coefficient (Wildman–Crippen LogP) is 1.50. The number of benzene rings is 1. The van der Waals surface area contributed by atoms with Gasteiger partial charge < -0.3 is 4.74 Å². The van der Waals surface area contributed by atoms with Crippen molar-refractivity contribution >= 4 is 27.6 Å². The van der Waals surface area contributed by atoms with Crippen LogP contribution in [0.2, 0.25) is 0 Å². The van der Waals surface area contributed by atoms with E-state index >= 15 is 0 Å². The minimum absolute atomic E-state index is 0.0207. The van der Waals surface area contributed by atoms with Gasteiger partial charge in [-0.15, -0.1) is 11.6 Å². The Balaban J connectivity index is 2.98. The van der Waals surface area contributed by atoms with Crippen LogP contribution in [-0.4, -0.2) is 33.4 Å². The van der Waals surface area contributed by atoms with E-state index in [-0.39, 0.29) is 22.6 Å². The zero-order valence-electron chi connectivity index (χ0n) is 11.2. The molecule has 0 spiro atoms. The Morgan fingerprint density at radius 2 is 1.90 bits per heavy atom. The third-order valence-corrected chi connectivity index (χ3v) is 4.66. The summed E-state index contributed by atoms with van der Waals surface area (Å²) in [4.78, 5) is 11.1. The van der Waals surface area contributed by atoms with Crippen molar-refractivity contribution in [3.05, 3.63) is 29.1 Å². The van der Waals surface area contributed by atoms with E-state index in [4.69, 9.17) is 11.6 Å². The first-order chi connectivity index (χ1) is 9.19. The minimum Gasteiger partial charge on any atom is -0.468 e. The molecule has 0 amide bonds. The molecular weight excluding hydrogens is 309 g/mol. The number of nitrogens with one attached hydrogen (secondary N) is 1. The van der Waals surface area contributed by atoms with Gasteiger partial charge in [-0.25, -0.2) is 17.5 Å². The number of ether oxygens (including phenoxy) is 1. The van der Waals surface area contributed by atoms with E-state index in [0.717, 1.165) is 19.2 Å². The Labute approximate surface area is 122 Å². The minimum atomic E-state index is -3.88. The molecule has 0 radical (unpaired) electrons. The number of hydrogen-bond donors (Lipinski definition) is 1. The lowest BCUT2D eigenvalue weighted by atomic mass is 10.1. The Bertz CT molecular complexity index is 595. The number of carbonyl (C=O) groups excluding carboxylic acids is 1. The van der Waals surface area contributed by atoms with E-state index in [2.05, 4.69) is 9.46 Å². The number of hydrogen-bond acceptors (Lipinski definition) is 4. The Morgan fingerprint density at radius 3 is 2.35 bits per heavy atom. The van der Waals surface area contributed by atoms with Crippen molar-refractivity contribution in [2.75, 3.05) is 13.7 Å². The highest BCUT2D eigenvalue weighted by Gasteiger charge is 2.23. The first kappa shape index (κ1) is 16.9. The molecule has 20 heavy (non-hydrogen) atoms. The molecular formula is C12H15ClFNO4S. The van der Waals surface area contributed by atoms with Gasteiger partial charge in [0.2, 0.25) is 10.0 Å². The molecule has 0 saturated carbocycles. The van der Waals surface area contributed by atoms with Gasteiger partial charge in [-0.3, -0.25) is 4.79 Å². The normalized spacial score (nSPS) is 13.1. The lowest BCUT2D eigenvalue weighted by Crippen LogP contribution is -2.34. The highest BCUT2D eigenvalue weighted by atomic mass is 35.5. The van der Waals surface area contributed by atoms with Crippen LogP contribution >= 0.6 is 11.6 Å². The van der Waals surface area contributed by atoms with E-state index in [0.29, 0.717) is 0 Å². The third-order valence-electron chi connectivity index (χ3n) is 2.60. The molecule has 1 rings (SSSR count). The second-order valence-electron chi connectivity index (χ2n) is 4.21. The molecule has 0 fully saturated rings. The molecule has 5 nitrogen and oxygen atoms in total. The maximum Gasteiger partial charge on any atom is 0.325 e. The quantitative estimate of drug-likeness (QED) is 0.658. The fraction of sp³-hybridized carbons (Fsp3) is 0.417. The monoisotopic (exact) mass is 323 g/mol. The molecule has 1 unspecified atom stereocenters. The zero-order valence-corrected chi connectivity index (χ0v) is 12.8. The van der Waals surface area contributed by atoms with E-state index in [1.165, 1.54) is 13.8 Å². The molecule has 1 atom stereocenters. The van der Waals surface area contributed by atoms with Crippen molar-refractivity contribution in [2.24, 2.45) is 0 Å². The topological polar surface area (TPSA) is 72.5 Å². The van der Waals surface area contributed by atoms with Gasteiger partial charge >= 0.3 is 5.97 Å². The number of esters is 1. The second-order valence-corrected chi connectivity index (χ2v) is 6.44. The SMILES string of the molecule is COC(=O)C(Cl)CNS(=O)(=O)c1c(C)cc(F)cc1C. The summed E-state index contributed by atoms with van der Waals surface area (Å²) < 4.78 is 44.1. The average molecular weight is 324 g/mol. The third kappa shape index (κ3) is 3.91. The van der Waals surface area contributed by atoms with Crippen LogP contribution in [0.5, 0.6) is 0 Å². The summed E-state index contributed by atoms with van der Waals surface area (Å²) >= 11 is 5.67. The van der Waals surface area contributed by atoms with E-state index in [1.807, 2.05) is 0 Å².